The van der Waals surface area contributed by atoms with Gasteiger partial charge in [-0.25, -0.2) is 4.79 Å². The molecule has 25 heavy (non-hydrogen) atoms. The number of benzene rings is 2. The van der Waals surface area contributed by atoms with Crippen LogP contribution in [0.2, 0.25) is 0 Å². The van der Waals surface area contributed by atoms with Crippen LogP contribution in [-0.4, -0.2) is 19.7 Å². The molecule has 1 amide bonds. The largest absolute Gasteiger partial charge is 0.496 e. The topological polar surface area (TPSA) is 47.6 Å². The Labute approximate surface area is 149 Å². The molecule has 0 saturated heterocycles. The molecule has 0 aliphatic rings. The Hall–Kier alpha value is -2.75. The van der Waals surface area contributed by atoms with Crippen molar-refractivity contribution in [3.8, 4) is 5.75 Å². The van der Waals surface area contributed by atoms with Crippen LogP contribution in [0.3, 0.4) is 0 Å². The average molecular weight is 339 g/mol. The first-order valence-corrected chi connectivity index (χ1v) is 8.36. The molecule has 0 aliphatic heterocycles. The Morgan fingerprint density at radius 2 is 1.80 bits per heavy atom. The molecule has 132 valence electrons. The van der Waals surface area contributed by atoms with Crippen LogP contribution in [0.5, 0.6) is 5.75 Å². The number of ether oxygens (including phenoxy) is 2. The van der Waals surface area contributed by atoms with Crippen molar-refractivity contribution in [2.75, 3.05) is 13.7 Å². The van der Waals surface area contributed by atoms with E-state index in [2.05, 4.69) is 23.5 Å². The fourth-order valence-electron chi connectivity index (χ4n) is 2.65. The van der Waals surface area contributed by atoms with Gasteiger partial charge in [0.05, 0.1) is 7.11 Å². The van der Waals surface area contributed by atoms with Crippen LogP contribution in [0.1, 0.15) is 28.7 Å². The summed E-state index contributed by atoms with van der Waals surface area (Å²) in [6.45, 7) is 4.89. The highest BCUT2D eigenvalue weighted by Crippen LogP contribution is 2.24. The van der Waals surface area contributed by atoms with E-state index in [1.165, 1.54) is 0 Å². The van der Waals surface area contributed by atoms with Crippen molar-refractivity contribution in [1.82, 2.24) is 5.32 Å². The molecule has 0 fully saturated rings. The molecule has 2 rings (SSSR count). The molecule has 2 aromatic carbocycles. The maximum absolute atomic E-state index is 11.6. The maximum Gasteiger partial charge on any atom is 0.407 e. The summed E-state index contributed by atoms with van der Waals surface area (Å²) in [5.74, 6) is 0.931. The number of hydrogen-bond acceptors (Lipinski definition) is 3. The van der Waals surface area contributed by atoms with Gasteiger partial charge in [0.15, 0.2) is 0 Å². The lowest BCUT2D eigenvalue weighted by molar-refractivity contribution is 0.140. The van der Waals surface area contributed by atoms with Gasteiger partial charge in [0.25, 0.3) is 0 Å². The first kappa shape index (κ1) is 18.6. The second kappa shape index (κ2) is 9.52. The van der Waals surface area contributed by atoms with Gasteiger partial charge >= 0.3 is 6.09 Å². The minimum absolute atomic E-state index is 0.285. The summed E-state index contributed by atoms with van der Waals surface area (Å²) in [6, 6.07) is 13.8. The molecule has 0 heterocycles. The molecule has 0 atom stereocenters. The highest BCUT2D eigenvalue weighted by atomic mass is 16.5. The average Bonchev–Trinajstić information content (AvgIpc) is 2.60. The molecule has 0 aromatic heterocycles. The van der Waals surface area contributed by atoms with E-state index in [-0.39, 0.29) is 6.61 Å². The predicted molar refractivity (Wildman–Crippen MR) is 101 cm³/mol. The molecule has 0 bridgehead atoms. The van der Waals surface area contributed by atoms with Crippen LogP contribution >= 0.6 is 0 Å². The van der Waals surface area contributed by atoms with E-state index < -0.39 is 6.09 Å². The van der Waals surface area contributed by atoms with Gasteiger partial charge < -0.3 is 14.8 Å². The zero-order valence-electron chi connectivity index (χ0n) is 15.0. The van der Waals surface area contributed by atoms with Crippen LogP contribution in [0.25, 0.3) is 6.08 Å². The van der Waals surface area contributed by atoms with Gasteiger partial charge in [0.2, 0.25) is 0 Å². The molecule has 4 nitrogen and oxygen atoms in total. The fraction of sp³-hybridized carbons (Fsp3) is 0.286. The van der Waals surface area contributed by atoms with Crippen molar-refractivity contribution in [2.45, 2.75) is 26.9 Å². The zero-order valence-corrected chi connectivity index (χ0v) is 15.0. The minimum atomic E-state index is -0.395. The molecule has 0 spiro atoms. The molecule has 2 aromatic rings. The van der Waals surface area contributed by atoms with Gasteiger partial charge in [-0.15, -0.1) is 0 Å². The summed E-state index contributed by atoms with van der Waals surface area (Å²) in [5.41, 5.74) is 4.33. The summed E-state index contributed by atoms with van der Waals surface area (Å²) in [4.78, 5) is 11.6. The van der Waals surface area contributed by atoms with E-state index in [0.717, 1.165) is 34.4 Å². The Bertz CT molecular complexity index is 700. The number of nitrogens with one attached hydrogen (secondary N) is 1. The molecule has 1 N–H and O–H groups in total. The molecule has 0 saturated carbocycles. The lowest BCUT2D eigenvalue weighted by atomic mass is 10.1. The number of alkyl carbamates (subject to hydrolysis) is 1. The van der Waals surface area contributed by atoms with Crippen LogP contribution in [0, 0.1) is 13.8 Å². The van der Waals surface area contributed by atoms with Crippen molar-refractivity contribution < 1.29 is 14.3 Å². The van der Waals surface area contributed by atoms with Gasteiger partial charge in [-0.2, -0.15) is 0 Å². The summed E-state index contributed by atoms with van der Waals surface area (Å²) in [7, 11) is 1.69. The van der Waals surface area contributed by atoms with Gasteiger partial charge in [-0.05, 0) is 54.7 Å². The number of aryl methyl sites for hydroxylation is 2. The maximum atomic E-state index is 11.6. The third kappa shape index (κ3) is 5.99. The van der Waals surface area contributed by atoms with Crippen molar-refractivity contribution in [1.29, 1.82) is 0 Å². The monoisotopic (exact) mass is 339 g/mol. The van der Waals surface area contributed by atoms with E-state index in [1.807, 2.05) is 50.3 Å². The Balaban J connectivity index is 1.72. The number of carbonyl (C=O) groups is 1. The second-order valence-corrected chi connectivity index (χ2v) is 5.87. The van der Waals surface area contributed by atoms with Gasteiger partial charge in [0, 0.05) is 6.54 Å². The van der Waals surface area contributed by atoms with Gasteiger partial charge in [-0.3, -0.25) is 0 Å². The first-order chi connectivity index (χ1) is 12.1. The van der Waals surface area contributed by atoms with E-state index in [1.54, 1.807) is 7.11 Å². The van der Waals surface area contributed by atoms with Crippen molar-refractivity contribution in [3.63, 3.8) is 0 Å². The molecular formula is C21H25NO3. The van der Waals surface area contributed by atoms with Crippen LogP contribution in [0.15, 0.2) is 48.5 Å². The lowest BCUT2D eigenvalue weighted by Crippen LogP contribution is -2.24. The lowest BCUT2D eigenvalue weighted by Gasteiger charge is -2.09. The number of amides is 1. The smallest absolute Gasteiger partial charge is 0.407 e. The van der Waals surface area contributed by atoms with E-state index in [9.17, 15) is 4.79 Å². The number of hydrogen-bond donors (Lipinski definition) is 1. The standard InChI is InChI=1S/C21H25NO3/c1-16-13-19(14-17(2)20(16)24-3)11-7-8-12-22-21(23)25-15-18-9-5-4-6-10-18/h4-7,9-11,13-14H,8,12,15H2,1-3H3,(H,22,23). The number of carbonyl (C=O) groups excluding carboxylic acids is 1. The predicted octanol–water partition coefficient (Wildman–Crippen LogP) is 4.64. The Kier molecular flexibility index (Phi) is 7.08. The van der Waals surface area contributed by atoms with E-state index in [0.29, 0.717) is 6.54 Å². The van der Waals surface area contributed by atoms with Crippen LogP contribution in [0.4, 0.5) is 4.79 Å². The molecule has 0 radical (unpaired) electrons. The summed E-state index contributed by atoms with van der Waals surface area (Å²) in [5, 5.41) is 2.75. The SMILES string of the molecule is COc1c(C)cc(C=CCCNC(=O)OCc2ccccc2)cc1C. The van der Waals surface area contributed by atoms with Gasteiger partial charge in [-0.1, -0.05) is 42.5 Å². The van der Waals surface area contributed by atoms with E-state index in [4.69, 9.17) is 9.47 Å². The molecule has 0 aliphatic carbocycles. The molecule has 0 unspecified atom stereocenters. The van der Waals surface area contributed by atoms with Crippen molar-refractivity contribution in [2.24, 2.45) is 0 Å². The molecular weight excluding hydrogens is 314 g/mol. The van der Waals surface area contributed by atoms with Crippen molar-refractivity contribution in [3.05, 3.63) is 70.8 Å². The molecule has 4 heteroatoms. The number of rotatable bonds is 7. The quantitative estimate of drug-likeness (QED) is 0.748. The second-order valence-electron chi connectivity index (χ2n) is 5.87. The Morgan fingerprint density at radius 1 is 1.12 bits per heavy atom. The third-order valence-electron chi connectivity index (χ3n) is 3.79. The summed E-state index contributed by atoms with van der Waals surface area (Å²) < 4.78 is 10.5. The van der Waals surface area contributed by atoms with Crippen LogP contribution in [-0.2, 0) is 11.3 Å². The number of methoxy groups -OCH3 is 1. The summed E-state index contributed by atoms with van der Waals surface area (Å²) >= 11 is 0. The third-order valence-corrected chi connectivity index (χ3v) is 3.79. The van der Waals surface area contributed by atoms with Gasteiger partial charge in [0.1, 0.15) is 12.4 Å². The first-order valence-electron chi connectivity index (χ1n) is 8.36. The highest BCUT2D eigenvalue weighted by Gasteiger charge is 2.03. The minimum Gasteiger partial charge on any atom is -0.496 e. The fourth-order valence-corrected chi connectivity index (χ4v) is 2.65. The highest BCUT2D eigenvalue weighted by molar-refractivity contribution is 5.67. The zero-order chi connectivity index (χ0) is 18.1. The van der Waals surface area contributed by atoms with Crippen molar-refractivity contribution >= 4 is 12.2 Å². The van der Waals surface area contributed by atoms with E-state index >= 15 is 0 Å². The normalized spacial score (nSPS) is 10.7. The summed E-state index contributed by atoms with van der Waals surface area (Å²) in [6.07, 6.45) is 4.44. The van der Waals surface area contributed by atoms with Crippen LogP contribution < -0.4 is 10.1 Å². The Morgan fingerprint density at radius 3 is 2.44 bits per heavy atom.